The summed E-state index contributed by atoms with van der Waals surface area (Å²) >= 11 is 0. The van der Waals surface area contributed by atoms with Crippen LogP contribution < -0.4 is 10.1 Å². The lowest BCUT2D eigenvalue weighted by Gasteiger charge is -2.11. The number of hydrogen-bond donors (Lipinski definition) is 2. The van der Waals surface area contributed by atoms with Gasteiger partial charge in [-0.2, -0.15) is 5.10 Å². The van der Waals surface area contributed by atoms with Gasteiger partial charge in [-0.1, -0.05) is 72.8 Å². The van der Waals surface area contributed by atoms with Crippen LogP contribution in [0.1, 0.15) is 15.9 Å². The Morgan fingerprint density at radius 1 is 0.941 bits per heavy atom. The lowest BCUT2D eigenvalue weighted by Crippen LogP contribution is -2.26. The van der Waals surface area contributed by atoms with Crippen LogP contribution in [0.25, 0.3) is 33.5 Å². The van der Waals surface area contributed by atoms with Gasteiger partial charge in [0.25, 0.3) is 5.91 Å². The number of para-hydroxylation sites is 1. The third-order valence-electron chi connectivity index (χ3n) is 5.76. The van der Waals surface area contributed by atoms with Gasteiger partial charge in [0.2, 0.25) is 0 Å². The fourth-order valence-corrected chi connectivity index (χ4v) is 4.07. The summed E-state index contributed by atoms with van der Waals surface area (Å²) in [5, 5.41) is 11.3. The van der Waals surface area contributed by atoms with Gasteiger partial charge in [0, 0.05) is 17.7 Å². The summed E-state index contributed by atoms with van der Waals surface area (Å²) in [6.45, 7) is 0.523. The molecule has 0 atom stereocenters. The minimum absolute atomic E-state index is 0.168. The minimum Gasteiger partial charge on any atom is -0.496 e. The first-order valence-electron chi connectivity index (χ1n) is 11.1. The predicted octanol–water partition coefficient (Wildman–Crippen LogP) is 5.27. The van der Waals surface area contributed by atoms with E-state index in [1.54, 1.807) is 7.11 Å². The number of carbonyl (C=O) groups is 1. The van der Waals surface area contributed by atoms with Crippen molar-refractivity contribution in [3.63, 3.8) is 0 Å². The van der Waals surface area contributed by atoms with E-state index < -0.39 is 0 Å². The molecule has 34 heavy (non-hydrogen) atoms. The number of H-pyrrole nitrogens is 1. The molecule has 1 amide bonds. The third kappa shape index (κ3) is 4.26. The van der Waals surface area contributed by atoms with Crippen LogP contribution in [-0.4, -0.2) is 34.7 Å². The summed E-state index contributed by atoms with van der Waals surface area (Å²) in [7, 11) is 1.62. The maximum absolute atomic E-state index is 13.5. The molecular weight excluding hydrogens is 424 g/mol. The normalized spacial score (nSPS) is 10.9. The van der Waals surface area contributed by atoms with Crippen molar-refractivity contribution in [2.75, 3.05) is 13.7 Å². The first kappa shape index (κ1) is 21.4. The largest absolute Gasteiger partial charge is 0.496 e. The number of rotatable bonds is 7. The fraction of sp³-hybridized carbons (Fsp3) is 0.107. The highest BCUT2D eigenvalue weighted by atomic mass is 16.5. The molecule has 0 spiro atoms. The van der Waals surface area contributed by atoms with Gasteiger partial charge in [0.05, 0.1) is 29.4 Å². The first-order valence-corrected chi connectivity index (χ1v) is 11.1. The van der Waals surface area contributed by atoms with Crippen LogP contribution in [0.3, 0.4) is 0 Å². The molecule has 0 aliphatic carbocycles. The molecule has 0 unspecified atom stereocenters. The number of benzene rings is 3. The molecule has 0 aliphatic heterocycles. The van der Waals surface area contributed by atoms with E-state index >= 15 is 0 Å². The van der Waals surface area contributed by atoms with Crippen molar-refractivity contribution in [2.45, 2.75) is 6.42 Å². The molecule has 5 aromatic rings. The molecule has 6 heteroatoms. The molecule has 2 aromatic heterocycles. The molecule has 2 N–H and O–H groups in total. The molecule has 0 saturated heterocycles. The number of fused-ring (bicyclic) bond motifs is 1. The van der Waals surface area contributed by atoms with Gasteiger partial charge < -0.3 is 10.1 Å². The Bertz CT molecular complexity index is 1430. The first-order chi connectivity index (χ1) is 16.7. The van der Waals surface area contributed by atoms with E-state index in [1.165, 1.54) is 5.56 Å². The van der Waals surface area contributed by atoms with Gasteiger partial charge in [-0.05, 0) is 30.2 Å². The summed E-state index contributed by atoms with van der Waals surface area (Å²) in [5.41, 5.74) is 5.31. The van der Waals surface area contributed by atoms with Crippen molar-refractivity contribution in [2.24, 2.45) is 0 Å². The van der Waals surface area contributed by atoms with Crippen LogP contribution >= 0.6 is 0 Å². The zero-order valence-corrected chi connectivity index (χ0v) is 18.8. The van der Waals surface area contributed by atoms with Gasteiger partial charge in [-0.15, -0.1) is 0 Å². The fourth-order valence-electron chi connectivity index (χ4n) is 4.07. The monoisotopic (exact) mass is 448 g/mol. The van der Waals surface area contributed by atoms with Crippen LogP contribution in [0.2, 0.25) is 0 Å². The van der Waals surface area contributed by atoms with Crippen molar-refractivity contribution in [3.05, 3.63) is 102 Å². The number of aromatic amines is 1. The summed E-state index contributed by atoms with van der Waals surface area (Å²) in [6.07, 6.45) is 0.747. The zero-order valence-electron chi connectivity index (χ0n) is 18.8. The molecule has 2 heterocycles. The molecule has 0 bridgehead atoms. The second-order valence-corrected chi connectivity index (χ2v) is 7.91. The van der Waals surface area contributed by atoms with Crippen LogP contribution in [0.4, 0.5) is 0 Å². The second kappa shape index (κ2) is 9.58. The number of nitrogens with zero attached hydrogens (tertiary/aromatic N) is 2. The van der Waals surface area contributed by atoms with Gasteiger partial charge in [0.15, 0.2) is 5.65 Å². The zero-order chi connectivity index (χ0) is 23.3. The Morgan fingerprint density at radius 2 is 1.65 bits per heavy atom. The van der Waals surface area contributed by atoms with E-state index in [0.717, 1.165) is 23.2 Å². The number of aromatic nitrogens is 3. The average Bonchev–Trinajstić information content (AvgIpc) is 3.33. The van der Waals surface area contributed by atoms with E-state index in [9.17, 15) is 4.79 Å². The number of carbonyl (C=O) groups excluding carboxylic acids is 1. The topological polar surface area (TPSA) is 79.9 Å². The van der Waals surface area contributed by atoms with Crippen LogP contribution in [0.5, 0.6) is 5.75 Å². The van der Waals surface area contributed by atoms with E-state index in [4.69, 9.17) is 9.72 Å². The standard InChI is InChI=1S/C28H24N4O2/c1-34-24-15-9-8-14-21(24)23-18-22(28(33)29-17-16-19-10-4-2-5-11-19)25-26(31-32-27(25)30-23)20-12-6-3-7-13-20/h2-15,18H,16-17H2,1H3,(H,29,33)(H,30,31,32). The van der Waals surface area contributed by atoms with E-state index in [2.05, 4.69) is 27.6 Å². The highest BCUT2D eigenvalue weighted by Crippen LogP contribution is 2.34. The van der Waals surface area contributed by atoms with Crippen LogP contribution in [0.15, 0.2) is 91.0 Å². The van der Waals surface area contributed by atoms with Gasteiger partial charge in [0.1, 0.15) is 5.75 Å². The number of methoxy groups -OCH3 is 1. The second-order valence-electron chi connectivity index (χ2n) is 7.91. The molecule has 6 nitrogen and oxygen atoms in total. The van der Waals surface area contributed by atoms with Crippen molar-refractivity contribution < 1.29 is 9.53 Å². The molecule has 0 saturated carbocycles. The Morgan fingerprint density at radius 3 is 2.41 bits per heavy atom. The quantitative estimate of drug-likeness (QED) is 0.355. The summed E-state index contributed by atoms with van der Waals surface area (Å²) in [6, 6.07) is 29.4. The molecule has 5 rings (SSSR count). The van der Waals surface area contributed by atoms with Crippen LogP contribution in [0, 0.1) is 0 Å². The molecule has 3 aromatic carbocycles. The van der Waals surface area contributed by atoms with Crippen molar-refractivity contribution in [1.82, 2.24) is 20.5 Å². The summed E-state index contributed by atoms with van der Waals surface area (Å²) < 4.78 is 5.53. The van der Waals surface area contributed by atoms with Gasteiger partial charge in [-0.3, -0.25) is 9.89 Å². The van der Waals surface area contributed by atoms with Crippen LogP contribution in [-0.2, 0) is 6.42 Å². The maximum atomic E-state index is 13.5. The van der Waals surface area contributed by atoms with E-state index in [0.29, 0.717) is 34.6 Å². The van der Waals surface area contributed by atoms with E-state index in [-0.39, 0.29) is 5.91 Å². The molecular formula is C28H24N4O2. The lowest BCUT2D eigenvalue weighted by atomic mass is 10.0. The Balaban J connectivity index is 1.57. The molecule has 0 fully saturated rings. The Labute approximate surface area is 197 Å². The highest BCUT2D eigenvalue weighted by Gasteiger charge is 2.21. The number of hydrogen-bond acceptors (Lipinski definition) is 4. The van der Waals surface area contributed by atoms with Crippen molar-refractivity contribution in [1.29, 1.82) is 0 Å². The number of pyridine rings is 1. The summed E-state index contributed by atoms with van der Waals surface area (Å²) in [5.74, 6) is 0.515. The molecule has 0 aliphatic rings. The Kier molecular flexibility index (Phi) is 6.03. The summed E-state index contributed by atoms with van der Waals surface area (Å²) in [4.78, 5) is 18.2. The molecule has 0 radical (unpaired) electrons. The molecule has 168 valence electrons. The lowest BCUT2D eigenvalue weighted by molar-refractivity contribution is 0.0955. The van der Waals surface area contributed by atoms with Gasteiger partial charge >= 0.3 is 0 Å². The average molecular weight is 449 g/mol. The number of ether oxygens (including phenoxy) is 1. The van der Waals surface area contributed by atoms with Crippen molar-refractivity contribution >= 4 is 16.9 Å². The minimum atomic E-state index is -0.168. The SMILES string of the molecule is COc1ccccc1-c1cc(C(=O)NCCc2ccccc2)c2c(-c3ccccc3)[nH]nc2n1. The third-order valence-corrected chi connectivity index (χ3v) is 5.76. The van der Waals surface area contributed by atoms with E-state index in [1.807, 2.05) is 78.9 Å². The predicted molar refractivity (Wildman–Crippen MR) is 134 cm³/mol. The Hall–Kier alpha value is -4.45. The smallest absolute Gasteiger partial charge is 0.252 e. The van der Waals surface area contributed by atoms with Gasteiger partial charge in [-0.25, -0.2) is 4.98 Å². The number of nitrogens with one attached hydrogen (secondary N) is 2. The number of amides is 1. The highest BCUT2D eigenvalue weighted by molar-refractivity contribution is 6.11. The maximum Gasteiger partial charge on any atom is 0.252 e. The van der Waals surface area contributed by atoms with Crippen molar-refractivity contribution in [3.8, 4) is 28.3 Å².